The van der Waals surface area contributed by atoms with Crippen LogP contribution < -0.4 is 15.8 Å². The molecule has 118 valence electrons. The summed E-state index contributed by atoms with van der Waals surface area (Å²) in [7, 11) is 1.64. The highest BCUT2D eigenvalue weighted by Crippen LogP contribution is 2.13. The Balaban J connectivity index is 2.24. The highest BCUT2D eigenvalue weighted by molar-refractivity contribution is 5.77. The lowest BCUT2D eigenvalue weighted by Crippen LogP contribution is -2.30. The number of nitrogens with one attached hydrogen (secondary N) is 1. The molecule has 0 heterocycles. The number of benzene rings is 1. The Hall–Kier alpha value is -1.59. The highest BCUT2D eigenvalue weighted by Gasteiger charge is 2.03. The van der Waals surface area contributed by atoms with Crippen molar-refractivity contribution in [3.05, 3.63) is 29.8 Å². The van der Waals surface area contributed by atoms with E-state index < -0.39 is 0 Å². The van der Waals surface area contributed by atoms with Gasteiger partial charge in [0.25, 0.3) is 5.91 Å². The van der Waals surface area contributed by atoms with Crippen molar-refractivity contribution in [2.45, 2.75) is 32.2 Å². The molecule has 0 radical (unpaired) electrons. The smallest absolute Gasteiger partial charge is 0.257 e. The molecule has 0 aliphatic carbocycles. The molecule has 1 atom stereocenters. The first-order valence-electron chi connectivity index (χ1n) is 7.34. The van der Waals surface area contributed by atoms with Crippen molar-refractivity contribution in [1.82, 2.24) is 5.32 Å². The lowest BCUT2D eigenvalue weighted by molar-refractivity contribution is -0.123. The largest absolute Gasteiger partial charge is 0.484 e. The Morgan fingerprint density at radius 3 is 2.67 bits per heavy atom. The van der Waals surface area contributed by atoms with Gasteiger partial charge in [-0.05, 0) is 43.9 Å². The van der Waals surface area contributed by atoms with E-state index in [9.17, 15) is 4.79 Å². The summed E-state index contributed by atoms with van der Waals surface area (Å²) >= 11 is 0. The number of carbonyl (C=O) groups is 1. The van der Waals surface area contributed by atoms with Gasteiger partial charge in [-0.15, -0.1) is 0 Å². The maximum atomic E-state index is 11.5. The molecule has 0 aromatic heterocycles. The number of ether oxygens (including phenoxy) is 2. The van der Waals surface area contributed by atoms with Gasteiger partial charge in [0, 0.05) is 26.3 Å². The number of methoxy groups -OCH3 is 1. The number of rotatable bonds is 10. The van der Waals surface area contributed by atoms with E-state index in [4.69, 9.17) is 15.2 Å². The summed E-state index contributed by atoms with van der Waals surface area (Å²) < 4.78 is 10.3. The molecule has 0 saturated heterocycles. The van der Waals surface area contributed by atoms with Gasteiger partial charge in [0.05, 0.1) is 0 Å². The van der Waals surface area contributed by atoms with Gasteiger partial charge < -0.3 is 20.5 Å². The molecule has 5 nitrogen and oxygen atoms in total. The van der Waals surface area contributed by atoms with E-state index in [0.29, 0.717) is 18.9 Å². The first kappa shape index (κ1) is 17.5. The molecule has 0 aliphatic rings. The average molecular weight is 294 g/mol. The van der Waals surface area contributed by atoms with Gasteiger partial charge in [-0.25, -0.2) is 0 Å². The Kier molecular flexibility index (Phi) is 8.47. The third-order valence-corrected chi connectivity index (χ3v) is 3.03. The van der Waals surface area contributed by atoms with Crippen LogP contribution in [0.5, 0.6) is 5.75 Å². The summed E-state index contributed by atoms with van der Waals surface area (Å²) in [6, 6.07) is 7.99. The van der Waals surface area contributed by atoms with Crippen LogP contribution in [0.1, 0.15) is 25.3 Å². The van der Waals surface area contributed by atoms with Crippen molar-refractivity contribution in [2.75, 3.05) is 26.9 Å². The predicted molar refractivity (Wildman–Crippen MR) is 83.4 cm³/mol. The first-order chi connectivity index (χ1) is 10.1. The second-order valence-electron chi connectivity index (χ2n) is 5.14. The van der Waals surface area contributed by atoms with Crippen molar-refractivity contribution < 1.29 is 14.3 Å². The van der Waals surface area contributed by atoms with Crippen molar-refractivity contribution in [3.8, 4) is 5.75 Å². The summed E-state index contributed by atoms with van der Waals surface area (Å²) in [5, 5.41) is 2.77. The van der Waals surface area contributed by atoms with E-state index >= 15 is 0 Å². The first-order valence-corrected chi connectivity index (χ1v) is 7.34. The Bertz CT molecular complexity index is 404. The minimum atomic E-state index is -0.118. The number of carbonyl (C=O) groups excluding carboxylic acids is 1. The summed E-state index contributed by atoms with van der Waals surface area (Å²) in [5.41, 5.74) is 6.96. The fourth-order valence-corrected chi connectivity index (χ4v) is 1.79. The third-order valence-electron chi connectivity index (χ3n) is 3.03. The molecule has 21 heavy (non-hydrogen) atoms. The van der Waals surface area contributed by atoms with E-state index in [1.165, 1.54) is 5.56 Å². The van der Waals surface area contributed by atoms with Gasteiger partial charge in [-0.2, -0.15) is 0 Å². The molecule has 0 bridgehead atoms. The van der Waals surface area contributed by atoms with Gasteiger partial charge in [0.2, 0.25) is 0 Å². The zero-order valence-corrected chi connectivity index (χ0v) is 12.9. The second kappa shape index (κ2) is 10.2. The zero-order chi connectivity index (χ0) is 15.5. The summed E-state index contributed by atoms with van der Waals surface area (Å²) in [5.74, 6) is 0.582. The van der Waals surface area contributed by atoms with Crippen molar-refractivity contribution in [3.63, 3.8) is 0 Å². The second-order valence-corrected chi connectivity index (χ2v) is 5.14. The van der Waals surface area contributed by atoms with Gasteiger partial charge in [0.1, 0.15) is 5.75 Å². The molecule has 1 aromatic rings. The van der Waals surface area contributed by atoms with Gasteiger partial charge in [-0.1, -0.05) is 12.1 Å². The molecule has 0 spiro atoms. The molecule has 0 aliphatic heterocycles. The van der Waals surface area contributed by atoms with Crippen LogP contribution in [-0.4, -0.2) is 38.8 Å². The Morgan fingerprint density at radius 1 is 1.33 bits per heavy atom. The minimum Gasteiger partial charge on any atom is -0.484 e. The SMILES string of the molecule is COCCCNC(=O)COc1ccc(CCC(C)N)cc1. The summed E-state index contributed by atoms with van der Waals surface area (Å²) in [4.78, 5) is 11.5. The van der Waals surface area contributed by atoms with Crippen molar-refractivity contribution in [2.24, 2.45) is 5.73 Å². The quantitative estimate of drug-likeness (QED) is 0.641. The summed E-state index contributed by atoms with van der Waals surface area (Å²) in [6.45, 7) is 3.28. The lowest BCUT2D eigenvalue weighted by Gasteiger charge is -2.09. The maximum absolute atomic E-state index is 11.5. The van der Waals surface area contributed by atoms with E-state index in [0.717, 1.165) is 19.3 Å². The van der Waals surface area contributed by atoms with Crippen LogP contribution in [0.4, 0.5) is 0 Å². The van der Waals surface area contributed by atoms with Crippen LogP contribution >= 0.6 is 0 Å². The molecule has 1 amide bonds. The van der Waals surface area contributed by atoms with Crippen LogP contribution in [0.25, 0.3) is 0 Å². The number of hydrogen-bond donors (Lipinski definition) is 2. The highest BCUT2D eigenvalue weighted by atomic mass is 16.5. The van der Waals surface area contributed by atoms with Crippen LogP contribution in [0.15, 0.2) is 24.3 Å². The van der Waals surface area contributed by atoms with Crippen molar-refractivity contribution in [1.29, 1.82) is 0 Å². The number of amides is 1. The molecule has 0 saturated carbocycles. The average Bonchev–Trinajstić information content (AvgIpc) is 2.48. The molecular weight excluding hydrogens is 268 g/mol. The molecule has 1 aromatic carbocycles. The van der Waals surface area contributed by atoms with Crippen molar-refractivity contribution >= 4 is 5.91 Å². The molecule has 5 heteroatoms. The standard InChI is InChI=1S/C16H26N2O3/c1-13(17)4-5-14-6-8-15(9-7-14)21-12-16(19)18-10-3-11-20-2/h6-9,13H,3-5,10-12,17H2,1-2H3,(H,18,19). The minimum absolute atomic E-state index is 0.0339. The van der Waals surface area contributed by atoms with E-state index in [1.54, 1.807) is 7.11 Å². The Morgan fingerprint density at radius 2 is 2.05 bits per heavy atom. The lowest BCUT2D eigenvalue weighted by atomic mass is 10.1. The van der Waals surface area contributed by atoms with Gasteiger partial charge >= 0.3 is 0 Å². The molecule has 0 fully saturated rings. The number of hydrogen-bond acceptors (Lipinski definition) is 4. The van der Waals surface area contributed by atoms with E-state index in [2.05, 4.69) is 5.32 Å². The molecule has 1 rings (SSSR count). The van der Waals surface area contributed by atoms with Crippen LogP contribution in [0.2, 0.25) is 0 Å². The number of aryl methyl sites for hydroxylation is 1. The van der Waals surface area contributed by atoms with Gasteiger partial charge in [0.15, 0.2) is 6.61 Å². The fraction of sp³-hybridized carbons (Fsp3) is 0.562. The van der Waals surface area contributed by atoms with Crippen LogP contribution in [-0.2, 0) is 16.0 Å². The monoisotopic (exact) mass is 294 g/mol. The zero-order valence-electron chi connectivity index (χ0n) is 12.9. The van der Waals surface area contributed by atoms with E-state index in [-0.39, 0.29) is 18.6 Å². The predicted octanol–water partition coefficient (Wildman–Crippen LogP) is 1.50. The third kappa shape index (κ3) is 8.32. The number of nitrogens with two attached hydrogens (primary N) is 1. The topological polar surface area (TPSA) is 73.6 Å². The Labute approximate surface area is 126 Å². The van der Waals surface area contributed by atoms with Gasteiger partial charge in [-0.3, -0.25) is 4.79 Å². The van der Waals surface area contributed by atoms with E-state index in [1.807, 2.05) is 31.2 Å². The maximum Gasteiger partial charge on any atom is 0.257 e. The molecule has 3 N–H and O–H groups in total. The normalized spacial score (nSPS) is 12.0. The van der Waals surface area contributed by atoms with Crippen LogP contribution in [0, 0.1) is 0 Å². The summed E-state index contributed by atoms with van der Waals surface area (Å²) in [6.07, 6.45) is 2.72. The van der Waals surface area contributed by atoms with Crippen LogP contribution in [0.3, 0.4) is 0 Å². The molecular formula is C16H26N2O3. The molecule has 1 unspecified atom stereocenters. The fourth-order valence-electron chi connectivity index (χ4n) is 1.79.